The first kappa shape index (κ1) is 32.2. The standard InChI is InChI=1S/C56H34N2O/c1-3-13-35(14-4-1)43-27-28-53(56-55(43)46-19-9-12-22-54(46)59-56)57(40-15-5-2-6-16-40)41-25-23-36-31-47-49(33-38(36)29-41)48-32-37-24-26-42(30-39(37)34-50(47)48)58-51-20-10-7-17-44(51)45-18-8-11-21-52(45)58/h1-34H. The predicted molar refractivity (Wildman–Crippen MR) is 248 cm³/mol. The van der Waals surface area contributed by atoms with Crippen molar-refractivity contribution in [3.05, 3.63) is 206 Å². The third-order valence-electron chi connectivity index (χ3n) is 12.4. The van der Waals surface area contributed by atoms with Gasteiger partial charge in [0, 0.05) is 38.6 Å². The average molecular weight is 751 g/mol. The first-order valence-corrected chi connectivity index (χ1v) is 20.2. The molecule has 1 aliphatic rings. The Kier molecular flexibility index (Phi) is 6.72. The average Bonchev–Trinajstić information content (AvgIpc) is 3.85. The molecule has 0 unspecified atom stereocenters. The molecule has 0 radical (unpaired) electrons. The van der Waals surface area contributed by atoms with Crippen molar-refractivity contribution in [2.45, 2.75) is 0 Å². The van der Waals surface area contributed by atoms with Crippen LogP contribution < -0.4 is 4.90 Å². The molecule has 274 valence electrons. The van der Waals surface area contributed by atoms with Gasteiger partial charge in [0.05, 0.1) is 16.7 Å². The summed E-state index contributed by atoms with van der Waals surface area (Å²) in [6, 6.07) is 74.8. The van der Waals surface area contributed by atoms with E-state index in [4.69, 9.17) is 4.42 Å². The molecule has 3 heteroatoms. The number of rotatable bonds is 5. The van der Waals surface area contributed by atoms with Crippen molar-refractivity contribution in [2.75, 3.05) is 4.90 Å². The van der Waals surface area contributed by atoms with Gasteiger partial charge in [-0.15, -0.1) is 0 Å². The van der Waals surface area contributed by atoms with Crippen LogP contribution >= 0.6 is 0 Å². The number of aromatic nitrogens is 1. The van der Waals surface area contributed by atoms with Crippen LogP contribution in [0.5, 0.6) is 0 Å². The first-order valence-electron chi connectivity index (χ1n) is 20.2. The van der Waals surface area contributed by atoms with E-state index in [0.717, 1.165) is 44.6 Å². The molecule has 59 heavy (non-hydrogen) atoms. The van der Waals surface area contributed by atoms with E-state index in [0.29, 0.717) is 0 Å². The Bertz CT molecular complexity index is 3620. The van der Waals surface area contributed by atoms with Gasteiger partial charge in [0.15, 0.2) is 5.58 Å². The zero-order valence-electron chi connectivity index (χ0n) is 31.9. The van der Waals surface area contributed by atoms with Crippen LogP contribution in [0.1, 0.15) is 0 Å². The fourth-order valence-electron chi connectivity index (χ4n) is 9.73. The van der Waals surface area contributed by atoms with Crippen molar-refractivity contribution in [3.8, 4) is 39.1 Å². The van der Waals surface area contributed by atoms with Gasteiger partial charge in [0.2, 0.25) is 0 Å². The molecule has 0 spiro atoms. The van der Waals surface area contributed by atoms with E-state index in [1.54, 1.807) is 0 Å². The maximum atomic E-state index is 6.80. The van der Waals surface area contributed by atoms with Gasteiger partial charge in [0.1, 0.15) is 5.58 Å². The molecular weight excluding hydrogens is 717 g/mol. The van der Waals surface area contributed by atoms with Gasteiger partial charge in [0.25, 0.3) is 0 Å². The van der Waals surface area contributed by atoms with Crippen LogP contribution in [0.4, 0.5) is 17.1 Å². The third kappa shape index (κ3) is 4.76. The SMILES string of the molecule is c1ccc(-c2ccc(N(c3ccccc3)c3ccc4cc5c(cc4c3)-c3cc4ccc(-n6c7ccccc7c7ccccc76)cc4cc3-5)c3oc4ccccc4c23)cc1. The Balaban J connectivity index is 0.936. The molecule has 1 aliphatic carbocycles. The summed E-state index contributed by atoms with van der Waals surface area (Å²) < 4.78 is 9.20. The quantitative estimate of drug-likeness (QED) is 0.175. The number of hydrogen-bond acceptors (Lipinski definition) is 2. The summed E-state index contributed by atoms with van der Waals surface area (Å²) in [6.45, 7) is 0. The number of hydrogen-bond donors (Lipinski definition) is 0. The van der Waals surface area contributed by atoms with Crippen LogP contribution in [0, 0.1) is 0 Å². The molecule has 0 saturated heterocycles. The molecule has 2 heterocycles. The van der Waals surface area contributed by atoms with Crippen molar-refractivity contribution in [1.29, 1.82) is 0 Å². The number of fused-ring (bicyclic) bond motifs is 12. The van der Waals surface area contributed by atoms with Gasteiger partial charge >= 0.3 is 0 Å². The van der Waals surface area contributed by atoms with Gasteiger partial charge in [-0.1, -0.05) is 121 Å². The van der Waals surface area contributed by atoms with Crippen molar-refractivity contribution < 1.29 is 4.42 Å². The number of nitrogens with zero attached hydrogens (tertiary/aromatic N) is 2. The smallest absolute Gasteiger partial charge is 0.160 e. The first-order chi connectivity index (χ1) is 29.2. The van der Waals surface area contributed by atoms with E-state index in [1.807, 2.05) is 6.07 Å². The minimum absolute atomic E-state index is 0.871. The van der Waals surface area contributed by atoms with Crippen molar-refractivity contribution >= 4 is 82.4 Å². The molecular formula is C56H34N2O. The van der Waals surface area contributed by atoms with Crippen LogP contribution in [0.15, 0.2) is 211 Å². The topological polar surface area (TPSA) is 21.3 Å². The summed E-state index contributed by atoms with van der Waals surface area (Å²) in [4.78, 5) is 2.34. The highest BCUT2D eigenvalue weighted by Crippen LogP contribution is 2.52. The fraction of sp³-hybridized carbons (Fsp3) is 0. The van der Waals surface area contributed by atoms with Crippen molar-refractivity contribution in [1.82, 2.24) is 4.57 Å². The van der Waals surface area contributed by atoms with E-state index >= 15 is 0 Å². The zero-order chi connectivity index (χ0) is 38.6. The molecule has 2 aromatic heterocycles. The molecule has 3 nitrogen and oxygen atoms in total. The van der Waals surface area contributed by atoms with E-state index in [1.165, 1.54) is 76.9 Å². The van der Waals surface area contributed by atoms with E-state index in [-0.39, 0.29) is 0 Å². The largest absolute Gasteiger partial charge is 0.454 e. The Hall–Kier alpha value is -7.88. The summed E-state index contributed by atoms with van der Waals surface area (Å²) in [5.74, 6) is 0. The number of furan rings is 1. The second kappa shape index (κ2) is 12.3. The Morgan fingerprint density at radius 3 is 1.63 bits per heavy atom. The van der Waals surface area contributed by atoms with Crippen molar-refractivity contribution in [3.63, 3.8) is 0 Å². The maximum Gasteiger partial charge on any atom is 0.160 e. The van der Waals surface area contributed by atoms with E-state index < -0.39 is 0 Å². The van der Waals surface area contributed by atoms with Crippen molar-refractivity contribution in [2.24, 2.45) is 0 Å². The molecule has 13 rings (SSSR count). The molecule has 0 bridgehead atoms. The van der Waals surface area contributed by atoms with Crippen LogP contribution in [0.2, 0.25) is 0 Å². The molecule has 0 fully saturated rings. The minimum Gasteiger partial charge on any atom is -0.454 e. The molecule has 12 aromatic rings. The lowest BCUT2D eigenvalue weighted by Crippen LogP contribution is -2.10. The maximum absolute atomic E-state index is 6.80. The molecule has 0 saturated carbocycles. The zero-order valence-corrected chi connectivity index (χ0v) is 31.9. The highest BCUT2D eigenvalue weighted by Gasteiger charge is 2.26. The van der Waals surface area contributed by atoms with Crippen LogP contribution in [0.25, 0.3) is 104 Å². The van der Waals surface area contributed by atoms with Crippen LogP contribution in [-0.4, -0.2) is 4.57 Å². The van der Waals surface area contributed by atoms with E-state index in [2.05, 4.69) is 210 Å². The second-order valence-electron chi connectivity index (χ2n) is 15.7. The Labute approximate surface area is 340 Å². The lowest BCUT2D eigenvalue weighted by Gasteiger charge is -2.28. The summed E-state index contributed by atoms with van der Waals surface area (Å²) >= 11 is 0. The third-order valence-corrected chi connectivity index (χ3v) is 12.4. The van der Waals surface area contributed by atoms with Gasteiger partial charge in [-0.3, -0.25) is 0 Å². The lowest BCUT2D eigenvalue weighted by atomic mass is 9.78. The molecule has 0 atom stereocenters. The van der Waals surface area contributed by atoms with Gasteiger partial charge in [-0.05, 0) is 140 Å². The monoisotopic (exact) mass is 750 g/mol. The summed E-state index contributed by atoms with van der Waals surface area (Å²) in [7, 11) is 0. The van der Waals surface area contributed by atoms with Crippen LogP contribution in [-0.2, 0) is 0 Å². The second-order valence-corrected chi connectivity index (χ2v) is 15.7. The predicted octanol–water partition coefficient (Wildman–Crippen LogP) is 15.8. The minimum atomic E-state index is 0.871. The molecule has 0 amide bonds. The van der Waals surface area contributed by atoms with E-state index in [9.17, 15) is 0 Å². The summed E-state index contributed by atoms with van der Waals surface area (Å²) in [5.41, 5.74) is 16.1. The summed E-state index contributed by atoms with van der Waals surface area (Å²) in [5, 5.41) is 9.71. The number of benzene rings is 10. The van der Waals surface area contributed by atoms with Gasteiger partial charge < -0.3 is 13.9 Å². The summed E-state index contributed by atoms with van der Waals surface area (Å²) in [6.07, 6.45) is 0. The highest BCUT2D eigenvalue weighted by atomic mass is 16.3. The van der Waals surface area contributed by atoms with Gasteiger partial charge in [-0.2, -0.15) is 0 Å². The fourth-order valence-corrected chi connectivity index (χ4v) is 9.73. The van der Waals surface area contributed by atoms with Gasteiger partial charge in [-0.25, -0.2) is 0 Å². The number of para-hydroxylation sites is 4. The number of anilines is 3. The van der Waals surface area contributed by atoms with Crippen LogP contribution in [0.3, 0.4) is 0 Å². The molecule has 0 N–H and O–H groups in total. The Morgan fingerprint density at radius 2 is 0.932 bits per heavy atom. The normalized spacial score (nSPS) is 12.1. The molecule has 0 aliphatic heterocycles. The molecule has 10 aromatic carbocycles. The highest BCUT2D eigenvalue weighted by molar-refractivity contribution is 6.17. The Morgan fingerprint density at radius 1 is 0.373 bits per heavy atom. The lowest BCUT2D eigenvalue weighted by molar-refractivity contribution is 0.669.